The summed E-state index contributed by atoms with van der Waals surface area (Å²) < 4.78 is 0. The van der Waals surface area contributed by atoms with E-state index in [-0.39, 0.29) is 0 Å². The summed E-state index contributed by atoms with van der Waals surface area (Å²) in [7, 11) is 2.02. The standard InChI is InChI=1S/C14H26N2/c1-6-8-14(16-11-7-2)10-9-12(3)13(4)15-5/h6-8,11-13,15H,9-10H2,1-5H3/b8-6-,11-7-,16-14+. The average Bonchev–Trinajstić information content (AvgIpc) is 2.31. The fourth-order valence-electron chi connectivity index (χ4n) is 1.46. The first-order chi connectivity index (χ1) is 7.65. The molecular weight excluding hydrogens is 196 g/mol. The summed E-state index contributed by atoms with van der Waals surface area (Å²) in [6.45, 7) is 8.53. The van der Waals surface area contributed by atoms with Gasteiger partial charge in [-0.3, -0.25) is 4.99 Å². The predicted molar refractivity (Wildman–Crippen MR) is 74.0 cm³/mol. The zero-order chi connectivity index (χ0) is 12.4. The van der Waals surface area contributed by atoms with E-state index in [1.807, 2.05) is 33.2 Å². The van der Waals surface area contributed by atoms with E-state index in [9.17, 15) is 0 Å². The summed E-state index contributed by atoms with van der Waals surface area (Å²) in [4.78, 5) is 4.42. The van der Waals surface area contributed by atoms with Crippen molar-refractivity contribution in [3.63, 3.8) is 0 Å². The second-order valence-corrected chi connectivity index (χ2v) is 4.20. The molecule has 0 heterocycles. The van der Waals surface area contributed by atoms with E-state index >= 15 is 0 Å². The van der Waals surface area contributed by atoms with Crippen molar-refractivity contribution in [3.05, 3.63) is 24.4 Å². The maximum absolute atomic E-state index is 4.42. The molecule has 0 amide bonds. The van der Waals surface area contributed by atoms with Crippen LogP contribution >= 0.6 is 0 Å². The molecule has 0 aliphatic rings. The zero-order valence-corrected chi connectivity index (χ0v) is 11.3. The first kappa shape index (κ1) is 15.1. The van der Waals surface area contributed by atoms with Crippen molar-refractivity contribution in [2.24, 2.45) is 10.9 Å². The predicted octanol–water partition coefficient (Wildman–Crippen LogP) is 3.56. The van der Waals surface area contributed by atoms with Crippen LogP contribution in [0.4, 0.5) is 0 Å². The maximum atomic E-state index is 4.42. The highest BCUT2D eigenvalue weighted by Gasteiger charge is 2.10. The van der Waals surface area contributed by atoms with Crippen LogP contribution in [0.3, 0.4) is 0 Å². The number of hydrogen-bond donors (Lipinski definition) is 1. The van der Waals surface area contributed by atoms with Crippen LogP contribution in [0.5, 0.6) is 0 Å². The van der Waals surface area contributed by atoms with E-state index in [4.69, 9.17) is 0 Å². The summed E-state index contributed by atoms with van der Waals surface area (Å²) in [6, 6.07) is 0.563. The van der Waals surface area contributed by atoms with Crippen LogP contribution in [0, 0.1) is 5.92 Å². The van der Waals surface area contributed by atoms with Crippen LogP contribution in [0.1, 0.15) is 40.5 Å². The molecule has 16 heavy (non-hydrogen) atoms. The highest BCUT2D eigenvalue weighted by Crippen LogP contribution is 2.11. The van der Waals surface area contributed by atoms with E-state index in [1.54, 1.807) is 0 Å². The lowest BCUT2D eigenvalue weighted by molar-refractivity contribution is 0.407. The molecule has 0 spiro atoms. The summed E-state index contributed by atoms with van der Waals surface area (Å²) >= 11 is 0. The summed E-state index contributed by atoms with van der Waals surface area (Å²) in [6.07, 6.45) is 10.2. The molecule has 0 radical (unpaired) electrons. The molecule has 0 aromatic heterocycles. The van der Waals surface area contributed by atoms with E-state index in [2.05, 4.69) is 36.3 Å². The molecule has 0 fully saturated rings. The van der Waals surface area contributed by atoms with Gasteiger partial charge in [0.1, 0.15) is 0 Å². The van der Waals surface area contributed by atoms with Gasteiger partial charge in [0, 0.05) is 18.0 Å². The van der Waals surface area contributed by atoms with Crippen molar-refractivity contribution in [1.29, 1.82) is 0 Å². The number of aliphatic imine (C=N–C) groups is 1. The first-order valence-corrected chi connectivity index (χ1v) is 6.13. The number of allylic oxidation sites excluding steroid dienone is 3. The largest absolute Gasteiger partial charge is 0.317 e. The third-order valence-corrected chi connectivity index (χ3v) is 2.91. The topological polar surface area (TPSA) is 24.4 Å². The van der Waals surface area contributed by atoms with Crippen molar-refractivity contribution in [2.75, 3.05) is 7.05 Å². The fraction of sp³-hybridized carbons (Fsp3) is 0.643. The minimum Gasteiger partial charge on any atom is -0.317 e. The van der Waals surface area contributed by atoms with Crippen molar-refractivity contribution >= 4 is 5.71 Å². The Kier molecular flexibility index (Phi) is 8.82. The molecular formula is C14H26N2. The summed E-state index contributed by atoms with van der Waals surface area (Å²) in [5, 5.41) is 3.29. The average molecular weight is 222 g/mol. The molecule has 92 valence electrons. The normalized spacial score (nSPS) is 17.2. The zero-order valence-electron chi connectivity index (χ0n) is 11.3. The van der Waals surface area contributed by atoms with Gasteiger partial charge in [-0.25, -0.2) is 0 Å². The van der Waals surface area contributed by atoms with Crippen LogP contribution in [0.2, 0.25) is 0 Å². The van der Waals surface area contributed by atoms with Crippen molar-refractivity contribution in [2.45, 2.75) is 46.6 Å². The monoisotopic (exact) mass is 222 g/mol. The molecule has 0 aliphatic heterocycles. The minimum absolute atomic E-state index is 0.563. The third-order valence-electron chi connectivity index (χ3n) is 2.91. The Hall–Kier alpha value is -0.890. The van der Waals surface area contributed by atoms with Crippen LogP contribution in [0.25, 0.3) is 0 Å². The van der Waals surface area contributed by atoms with E-state index in [1.165, 1.54) is 6.42 Å². The second-order valence-electron chi connectivity index (χ2n) is 4.20. The molecule has 1 N–H and O–H groups in total. The van der Waals surface area contributed by atoms with Gasteiger partial charge >= 0.3 is 0 Å². The van der Waals surface area contributed by atoms with Crippen LogP contribution in [-0.2, 0) is 0 Å². The first-order valence-electron chi connectivity index (χ1n) is 6.13. The number of nitrogens with one attached hydrogen (secondary N) is 1. The highest BCUT2D eigenvalue weighted by molar-refractivity contribution is 5.95. The van der Waals surface area contributed by atoms with Gasteiger partial charge in [0.2, 0.25) is 0 Å². The van der Waals surface area contributed by atoms with Gasteiger partial charge in [0.05, 0.1) is 0 Å². The van der Waals surface area contributed by atoms with Gasteiger partial charge in [-0.05, 0) is 52.7 Å². The Labute approximate surface area is 101 Å². The van der Waals surface area contributed by atoms with Gasteiger partial charge in [-0.15, -0.1) is 0 Å². The summed E-state index contributed by atoms with van der Waals surface area (Å²) in [5.41, 5.74) is 1.16. The molecule has 2 heteroatoms. The lowest BCUT2D eigenvalue weighted by Crippen LogP contribution is -2.28. The van der Waals surface area contributed by atoms with Crippen molar-refractivity contribution in [1.82, 2.24) is 5.32 Å². The molecule has 2 unspecified atom stereocenters. The molecule has 0 aromatic carbocycles. The molecule has 2 nitrogen and oxygen atoms in total. The van der Waals surface area contributed by atoms with Crippen LogP contribution in [-0.4, -0.2) is 18.8 Å². The Balaban J connectivity index is 4.22. The molecule has 2 atom stereocenters. The Morgan fingerprint density at radius 1 is 1.25 bits per heavy atom. The maximum Gasteiger partial charge on any atom is 0.0400 e. The van der Waals surface area contributed by atoms with E-state index < -0.39 is 0 Å². The fourth-order valence-corrected chi connectivity index (χ4v) is 1.46. The second kappa shape index (κ2) is 9.34. The summed E-state index contributed by atoms with van der Waals surface area (Å²) in [5.74, 6) is 0.672. The smallest absolute Gasteiger partial charge is 0.0400 e. The Morgan fingerprint density at radius 3 is 2.44 bits per heavy atom. The van der Waals surface area contributed by atoms with Crippen LogP contribution in [0.15, 0.2) is 29.4 Å². The van der Waals surface area contributed by atoms with E-state index in [0.29, 0.717) is 12.0 Å². The lowest BCUT2D eigenvalue weighted by atomic mass is 9.96. The highest BCUT2D eigenvalue weighted by atomic mass is 14.9. The number of hydrogen-bond acceptors (Lipinski definition) is 2. The van der Waals surface area contributed by atoms with E-state index in [0.717, 1.165) is 12.1 Å². The van der Waals surface area contributed by atoms with Gasteiger partial charge in [0.15, 0.2) is 0 Å². The van der Waals surface area contributed by atoms with Gasteiger partial charge in [-0.1, -0.05) is 19.1 Å². The Morgan fingerprint density at radius 2 is 1.94 bits per heavy atom. The van der Waals surface area contributed by atoms with Gasteiger partial charge in [0.25, 0.3) is 0 Å². The number of nitrogens with zero attached hydrogens (tertiary/aromatic N) is 1. The molecule has 0 rings (SSSR count). The molecule has 0 bridgehead atoms. The number of rotatable bonds is 7. The van der Waals surface area contributed by atoms with Crippen LogP contribution < -0.4 is 5.32 Å². The molecule has 0 aliphatic carbocycles. The quantitative estimate of drug-likeness (QED) is 0.654. The van der Waals surface area contributed by atoms with Crippen molar-refractivity contribution < 1.29 is 0 Å². The third kappa shape index (κ3) is 6.57. The Bertz CT molecular complexity index is 251. The lowest BCUT2D eigenvalue weighted by Gasteiger charge is -2.18. The van der Waals surface area contributed by atoms with Crippen molar-refractivity contribution in [3.8, 4) is 0 Å². The molecule has 0 saturated carbocycles. The van der Waals surface area contributed by atoms with Gasteiger partial charge < -0.3 is 5.32 Å². The SMILES string of the molecule is C\C=C/N=C(\C=C/C)CCC(C)C(C)NC. The molecule has 0 saturated heterocycles. The minimum atomic E-state index is 0.563. The van der Waals surface area contributed by atoms with Gasteiger partial charge in [-0.2, -0.15) is 0 Å². The molecule has 0 aromatic rings.